The first-order chi connectivity index (χ1) is 7.69. The molecule has 0 spiro atoms. The molecule has 1 aromatic carbocycles. The van der Waals surface area contributed by atoms with Crippen LogP contribution in [0.2, 0.25) is 10.0 Å². The zero-order chi connectivity index (χ0) is 11.5. The van der Waals surface area contributed by atoms with Crippen molar-refractivity contribution in [3.8, 4) is 0 Å². The number of nitrogens with zero attached hydrogens (tertiary/aromatic N) is 2. The van der Waals surface area contributed by atoms with E-state index >= 15 is 0 Å². The molecule has 2 nitrogen and oxygen atoms in total. The van der Waals surface area contributed by atoms with E-state index in [1.54, 1.807) is 6.20 Å². The summed E-state index contributed by atoms with van der Waals surface area (Å²) in [5.74, 6) is 0. The Bertz CT molecular complexity index is 517. The summed E-state index contributed by atoms with van der Waals surface area (Å²) in [5, 5.41) is 1.17. The molecule has 0 amide bonds. The van der Waals surface area contributed by atoms with Crippen LogP contribution in [0.5, 0.6) is 0 Å². The number of halogens is 2. The maximum absolute atomic E-state index is 5.95. The highest BCUT2D eigenvalue weighted by molar-refractivity contribution is 6.41. The highest BCUT2D eigenvalue weighted by atomic mass is 35.5. The minimum atomic E-state index is 0.582. The number of hydrogen-bond donors (Lipinski definition) is 0. The van der Waals surface area contributed by atoms with Gasteiger partial charge >= 0.3 is 0 Å². The predicted octanol–water partition coefficient (Wildman–Crippen LogP) is 3.23. The summed E-state index contributed by atoms with van der Waals surface area (Å²) in [4.78, 5) is 0. The number of hydrogen-bond acceptors (Lipinski definition) is 0. The normalized spacial score (nSPS) is 10.4. The standard InChI is InChI=1S/C12H11Cl2N2/c1-2-15-5-6-16(9-15)8-10-3-4-11(13)12(14)7-10/h2-7,9H,1,8H2/q+1. The van der Waals surface area contributed by atoms with Crippen LogP contribution in [-0.4, -0.2) is 4.57 Å². The average molecular weight is 254 g/mol. The molecule has 2 aromatic rings. The van der Waals surface area contributed by atoms with Crippen LogP contribution in [0.25, 0.3) is 6.20 Å². The lowest BCUT2D eigenvalue weighted by Gasteiger charge is -2.00. The van der Waals surface area contributed by atoms with Gasteiger partial charge in [0.15, 0.2) is 0 Å². The summed E-state index contributed by atoms with van der Waals surface area (Å²) >= 11 is 11.8. The van der Waals surface area contributed by atoms with Gasteiger partial charge in [-0.1, -0.05) is 35.8 Å². The van der Waals surface area contributed by atoms with Crippen LogP contribution in [0.1, 0.15) is 5.56 Å². The Kier molecular flexibility index (Phi) is 3.32. The van der Waals surface area contributed by atoms with Gasteiger partial charge in [-0.15, -0.1) is 0 Å². The van der Waals surface area contributed by atoms with Crippen LogP contribution in [0.3, 0.4) is 0 Å². The van der Waals surface area contributed by atoms with Crippen molar-refractivity contribution in [3.05, 3.63) is 59.1 Å². The van der Waals surface area contributed by atoms with Crippen molar-refractivity contribution in [2.45, 2.75) is 6.54 Å². The predicted molar refractivity (Wildman–Crippen MR) is 66.6 cm³/mol. The number of rotatable bonds is 3. The summed E-state index contributed by atoms with van der Waals surface area (Å²) in [6.07, 6.45) is 7.61. The average Bonchev–Trinajstić information content (AvgIpc) is 2.71. The van der Waals surface area contributed by atoms with E-state index in [1.807, 2.05) is 46.1 Å². The second-order valence-electron chi connectivity index (χ2n) is 3.46. The largest absolute Gasteiger partial charge is 0.248 e. The molecule has 4 heteroatoms. The van der Waals surface area contributed by atoms with Gasteiger partial charge in [0.25, 0.3) is 0 Å². The minimum Gasteiger partial charge on any atom is -0.232 e. The smallest absolute Gasteiger partial charge is 0.232 e. The molecule has 1 aromatic heterocycles. The van der Waals surface area contributed by atoms with Gasteiger partial charge in [0.1, 0.15) is 18.9 Å². The Morgan fingerprint density at radius 2 is 2.12 bits per heavy atom. The number of aromatic nitrogens is 2. The first-order valence-corrected chi connectivity index (χ1v) is 5.57. The van der Waals surface area contributed by atoms with E-state index in [0.29, 0.717) is 10.0 Å². The van der Waals surface area contributed by atoms with Crippen LogP contribution < -0.4 is 4.57 Å². The molecule has 0 saturated carbocycles. The molecule has 0 aliphatic rings. The molecule has 16 heavy (non-hydrogen) atoms. The van der Waals surface area contributed by atoms with Crippen LogP contribution in [0.4, 0.5) is 0 Å². The second-order valence-corrected chi connectivity index (χ2v) is 4.28. The lowest BCUT2D eigenvalue weighted by Crippen LogP contribution is -2.31. The van der Waals surface area contributed by atoms with Gasteiger partial charge in [0, 0.05) is 0 Å². The third kappa shape index (κ3) is 2.46. The monoisotopic (exact) mass is 253 g/mol. The van der Waals surface area contributed by atoms with E-state index in [-0.39, 0.29) is 0 Å². The lowest BCUT2D eigenvalue weighted by molar-refractivity contribution is -0.687. The second kappa shape index (κ2) is 4.73. The van der Waals surface area contributed by atoms with Gasteiger partial charge in [0.05, 0.1) is 16.2 Å². The minimum absolute atomic E-state index is 0.582. The van der Waals surface area contributed by atoms with E-state index in [2.05, 4.69) is 6.58 Å². The van der Waals surface area contributed by atoms with Gasteiger partial charge in [-0.3, -0.25) is 0 Å². The molecule has 0 aliphatic carbocycles. The zero-order valence-electron chi connectivity index (χ0n) is 8.61. The van der Waals surface area contributed by atoms with E-state index in [0.717, 1.165) is 12.1 Å². The molecule has 0 unspecified atom stereocenters. The summed E-state index contributed by atoms with van der Waals surface area (Å²) in [7, 11) is 0. The Labute approximate surface area is 104 Å². The van der Waals surface area contributed by atoms with Crippen molar-refractivity contribution in [2.24, 2.45) is 0 Å². The molecule has 0 radical (unpaired) electrons. The van der Waals surface area contributed by atoms with Gasteiger partial charge < -0.3 is 0 Å². The first kappa shape index (κ1) is 11.2. The quantitative estimate of drug-likeness (QED) is 0.743. The Morgan fingerprint density at radius 1 is 1.31 bits per heavy atom. The van der Waals surface area contributed by atoms with E-state index in [9.17, 15) is 0 Å². The van der Waals surface area contributed by atoms with Crippen molar-refractivity contribution in [3.63, 3.8) is 0 Å². The fourth-order valence-electron chi connectivity index (χ4n) is 1.46. The fourth-order valence-corrected chi connectivity index (χ4v) is 1.78. The SMILES string of the molecule is C=Cn1cc[n+](Cc2ccc(Cl)c(Cl)c2)c1. The molecule has 0 aliphatic heterocycles. The summed E-state index contributed by atoms with van der Waals surface area (Å²) in [6, 6.07) is 5.65. The third-order valence-electron chi connectivity index (χ3n) is 2.27. The topological polar surface area (TPSA) is 8.81 Å². The van der Waals surface area contributed by atoms with Gasteiger partial charge in [-0.05, 0) is 17.7 Å². The highest BCUT2D eigenvalue weighted by Crippen LogP contribution is 2.22. The number of imidazole rings is 1. The lowest BCUT2D eigenvalue weighted by atomic mass is 10.2. The summed E-state index contributed by atoms with van der Waals surface area (Å²) in [6.45, 7) is 4.45. The maximum Gasteiger partial charge on any atom is 0.248 e. The molecule has 0 N–H and O–H groups in total. The zero-order valence-corrected chi connectivity index (χ0v) is 10.1. The van der Waals surface area contributed by atoms with Crippen LogP contribution in [0.15, 0.2) is 43.5 Å². The Morgan fingerprint density at radius 3 is 2.75 bits per heavy atom. The fraction of sp³-hybridized carbons (Fsp3) is 0.0833. The van der Waals surface area contributed by atoms with Crippen LogP contribution in [-0.2, 0) is 6.54 Å². The first-order valence-electron chi connectivity index (χ1n) is 4.82. The van der Waals surface area contributed by atoms with E-state index in [4.69, 9.17) is 23.2 Å². The molecular formula is C12H11Cl2N2+. The number of benzene rings is 1. The van der Waals surface area contributed by atoms with Crippen molar-refractivity contribution < 1.29 is 4.57 Å². The molecule has 0 saturated heterocycles. The maximum atomic E-state index is 5.95. The Balaban J connectivity index is 2.20. The molecule has 2 rings (SSSR count). The van der Waals surface area contributed by atoms with Crippen molar-refractivity contribution in [1.82, 2.24) is 4.57 Å². The van der Waals surface area contributed by atoms with Crippen molar-refractivity contribution >= 4 is 29.4 Å². The van der Waals surface area contributed by atoms with E-state index < -0.39 is 0 Å². The third-order valence-corrected chi connectivity index (χ3v) is 3.01. The highest BCUT2D eigenvalue weighted by Gasteiger charge is 2.04. The van der Waals surface area contributed by atoms with Crippen LogP contribution in [0, 0.1) is 0 Å². The van der Waals surface area contributed by atoms with Gasteiger partial charge in [-0.25, -0.2) is 9.13 Å². The van der Waals surface area contributed by atoms with Gasteiger partial charge in [0.2, 0.25) is 6.33 Å². The van der Waals surface area contributed by atoms with E-state index in [1.165, 1.54) is 0 Å². The molecule has 0 fully saturated rings. The molecule has 1 heterocycles. The van der Waals surface area contributed by atoms with Crippen molar-refractivity contribution in [1.29, 1.82) is 0 Å². The molecule has 0 atom stereocenters. The molecule has 82 valence electrons. The van der Waals surface area contributed by atoms with Crippen LogP contribution >= 0.6 is 23.2 Å². The summed E-state index contributed by atoms with van der Waals surface area (Å²) < 4.78 is 3.93. The Hall–Kier alpha value is -1.25. The summed E-state index contributed by atoms with van der Waals surface area (Å²) in [5.41, 5.74) is 1.11. The van der Waals surface area contributed by atoms with Gasteiger partial charge in [-0.2, -0.15) is 0 Å². The molecular weight excluding hydrogens is 243 g/mol. The molecule has 0 bridgehead atoms. The van der Waals surface area contributed by atoms with Crippen molar-refractivity contribution in [2.75, 3.05) is 0 Å².